The molecule has 0 saturated carbocycles. The van der Waals surface area contributed by atoms with E-state index in [1.165, 1.54) is 0 Å². The second-order valence-corrected chi connectivity index (χ2v) is 5.51. The topological polar surface area (TPSA) is 47.1 Å². The summed E-state index contributed by atoms with van der Waals surface area (Å²) in [5.74, 6) is 0. The fourth-order valence-electron chi connectivity index (χ4n) is 2.09. The van der Waals surface area contributed by atoms with Gasteiger partial charge in [-0.05, 0) is 40.5 Å². The van der Waals surface area contributed by atoms with E-state index in [0.717, 1.165) is 28.0 Å². The highest BCUT2D eigenvalue weighted by molar-refractivity contribution is 9.10. The van der Waals surface area contributed by atoms with Gasteiger partial charge in [0.15, 0.2) is 0 Å². The summed E-state index contributed by atoms with van der Waals surface area (Å²) in [5.41, 5.74) is 9.64. The van der Waals surface area contributed by atoms with Gasteiger partial charge >= 0.3 is 0 Å². The Balaban J connectivity index is 2.41. The van der Waals surface area contributed by atoms with Gasteiger partial charge in [0.05, 0.1) is 22.4 Å². The van der Waals surface area contributed by atoms with E-state index in [2.05, 4.69) is 51.1 Å². The Labute approximate surface area is 122 Å². The van der Waals surface area contributed by atoms with Gasteiger partial charge in [-0.2, -0.15) is 5.10 Å². The highest BCUT2D eigenvalue weighted by atomic mass is 79.9. The molecule has 0 aliphatic heterocycles. The molecule has 0 aliphatic carbocycles. The molecule has 0 radical (unpaired) electrons. The Hall–Kier alpha value is -1.33. The van der Waals surface area contributed by atoms with Crippen LogP contribution in [0, 0.1) is 0 Å². The number of benzene rings is 1. The quantitative estimate of drug-likeness (QED) is 0.941. The maximum Gasteiger partial charge on any atom is 0.0738 e. The van der Waals surface area contributed by atoms with Crippen molar-refractivity contribution in [1.82, 2.24) is 9.78 Å². The van der Waals surface area contributed by atoms with E-state index < -0.39 is 0 Å². The number of nitrogens with two attached hydrogens (primary N) is 1. The normalized spacial score (nSPS) is 12.5. The number of rotatable bonds is 4. The van der Waals surface area contributed by atoms with Crippen LogP contribution in [0.5, 0.6) is 0 Å². The molecule has 0 spiro atoms. The number of aryl methyl sites for hydroxylation is 1. The van der Waals surface area contributed by atoms with Gasteiger partial charge in [0.2, 0.25) is 0 Å². The number of hydrogen-bond donors (Lipinski definition) is 1. The van der Waals surface area contributed by atoms with E-state index in [4.69, 9.17) is 5.73 Å². The molecule has 2 aromatic rings. The molecular weight excluding hydrogens is 304 g/mol. The molecule has 4 nitrogen and oxygen atoms in total. The second-order valence-electron chi connectivity index (χ2n) is 4.66. The van der Waals surface area contributed by atoms with Gasteiger partial charge in [-0.1, -0.05) is 12.1 Å². The predicted molar refractivity (Wildman–Crippen MR) is 82.4 cm³/mol. The molecule has 1 aromatic heterocycles. The Morgan fingerprint density at radius 2 is 2.16 bits per heavy atom. The third-order valence-electron chi connectivity index (χ3n) is 3.17. The summed E-state index contributed by atoms with van der Waals surface area (Å²) in [6.45, 7) is 2.87. The molecule has 0 amide bonds. The van der Waals surface area contributed by atoms with Crippen LogP contribution in [-0.2, 0) is 6.54 Å². The van der Waals surface area contributed by atoms with Crippen LogP contribution in [0.3, 0.4) is 0 Å². The minimum absolute atomic E-state index is 0.184. The molecule has 1 aromatic carbocycles. The first-order chi connectivity index (χ1) is 9.04. The maximum absolute atomic E-state index is 6.40. The highest BCUT2D eigenvalue weighted by Crippen LogP contribution is 2.28. The molecule has 0 fully saturated rings. The smallest absolute Gasteiger partial charge is 0.0738 e. The molecule has 0 aliphatic rings. The fraction of sp³-hybridized carbons (Fsp3) is 0.357. The average Bonchev–Trinajstić information content (AvgIpc) is 2.79. The lowest BCUT2D eigenvalue weighted by Crippen LogP contribution is -2.18. The van der Waals surface area contributed by atoms with Crippen LogP contribution < -0.4 is 10.6 Å². The Bertz CT molecular complexity index is 562. The molecule has 0 saturated heterocycles. The van der Waals surface area contributed by atoms with Crippen LogP contribution in [0.25, 0.3) is 0 Å². The average molecular weight is 323 g/mol. The molecular formula is C14H19BrN4. The van der Waals surface area contributed by atoms with Gasteiger partial charge in [-0.15, -0.1) is 0 Å². The lowest BCUT2D eigenvalue weighted by molar-refractivity contribution is 0.599. The van der Waals surface area contributed by atoms with E-state index in [9.17, 15) is 0 Å². The number of nitrogens with zero attached hydrogens (tertiary/aromatic N) is 3. The summed E-state index contributed by atoms with van der Waals surface area (Å²) >= 11 is 3.53. The summed E-state index contributed by atoms with van der Waals surface area (Å²) in [6.07, 6.45) is 1.80. The molecule has 19 heavy (non-hydrogen) atoms. The maximum atomic E-state index is 6.40. The van der Waals surface area contributed by atoms with E-state index in [0.29, 0.717) is 0 Å². The van der Waals surface area contributed by atoms with Gasteiger partial charge < -0.3 is 10.6 Å². The van der Waals surface area contributed by atoms with Crippen molar-refractivity contribution in [3.8, 4) is 0 Å². The van der Waals surface area contributed by atoms with Crippen molar-refractivity contribution in [2.24, 2.45) is 5.73 Å². The Kier molecular flexibility index (Phi) is 4.27. The largest absolute Gasteiger partial charge is 0.378 e. The zero-order valence-electron chi connectivity index (χ0n) is 11.5. The van der Waals surface area contributed by atoms with E-state index in [1.54, 1.807) is 6.20 Å². The van der Waals surface area contributed by atoms with Crippen LogP contribution in [0.15, 0.2) is 34.9 Å². The first-order valence-electron chi connectivity index (χ1n) is 6.28. The highest BCUT2D eigenvalue weighted by Gasteiger charge is 2.18. The summed E-state index contributed by atoms with van der Waals surface area (Å²) in [6, 6.07) is 8.09. The van der Waals surface area contributed by atoms with Gasteiger partial charge in [0.25, 0.3) is 0 Å². The van der Waals surface area contributed by atoms with Crippen LogP contribution in [0.2, 0.25) is 0 Å². The van der Waals surface area contributed by atoms with Crippen LogP contribution in [-0.4, -0.2) is 23.9 Å². The van der Waals surface area contributed by atoms with Crippen molar-refractivity contribution < 1.29 is 0 Å². The molecule has 1 heterocycles. The van der Waals surface area contributed by atoms with Crippen molar-refractivity contribution >= 4 is 21.6 Å². The molecule has 2 rings (SSSR count). The third kappa shape index (κ3) is 2.82. The van der Waals surface area contributed by atoms with E-state index in [-0.39, 0.29) is 6.04 Å². The Morgan fingerprint density at radius 1 is 1.42 bits per heavy atom. The first-order valence-corrected chi connectivity index (χ1v) is 7.08. The monoisotopic (exact) mass is 322 g/mol. The minimum Gasteiger partial charge on any atom is -0.378 e. The van der Waals surface area contributed by atoms with Crippen molar-refractivity contribution in [2.45, 2.75) is 19.5 Å². The van der Waals surface area contributed by atoms with Crippen LogP contribution in [0.1, 0.15) is 24.2 Å². The van der Waals surface area contributed by atoms with Crippen LogP contribution in [0.4, 0.5) is 5.69 Å². The molecule has 1 unspecified atom stereocenters. The zero-order chi connectivity index (χ0) is 14.0. The summed E-state index contributed by atoms with van der Waals surface area (Å²) in [5, 5.41) is 4.32. The van der Waals surface area contributed by atoms with E-state index >= 15 is 0 Å². The molecule has 2 N–H and O–H groups in total. The van der Waals surface area contributed by atoms with Crippen LogP contribution >= 0.6 is 15.9 Å². The lowest BCUT2D eigenvalue weighted by Gasteiger charge is -2.18. The van der Waals surface area contributed by atoms with Gasteiger partial charge in [0, 0.05) is 26.3 Å². The lowest BCUT2D eigenvalue weighted by atomic mass is 10.0. The van der Waals surface area contributed by atoms with Crippen molar-refractivity contribution in [2.75, 3.05) is 19.0 Å². The third-order valence-corrected chi connectivity index (χ3v) is 3.78. The van der Waals surface area contributed by atoms with Crippen molar-refractivity contribution in [3.05, 3.63) is 46.2 Å². The van der Waals surface area contributed by atoms with Crippen molar-refractivity contribution in [1.29, 1.82) is 0 Å². The molecule has 5 heteroatoms. The van der Waals surface area contributed by atoms with Gasteiger partial charge in [-0.3, -0.25) is 4.68 Å². The minimum atomic E-state index is -0.184. The molecule has 1 atom stereocenters. The number of halogens is 1. The fourth-order valence-corrected chi connectivity index (χ4v) is 2.63. The van der Waals surface area contributed by atoms with Gasteiger partial charge in [-0.25, -0.2) is 0 Å². The predicted octanol–water partition coefficient (Wildman–Crippen LogP) is 2.78. The summed E-state index contributed by atoms with van der Waals surface area (Å²) < 4.78 is 2.88. The Morgan fingerprint density at radius 3 is 2.79 bits per heavy atom. The molecule has 102 valence electrons. The zero-order valence-corrected chi connectivity index (χ0v) is 13.1. The number of hydrogen-bond acceptors (Lipinski definition) is 3. The molecule has 0 bridgehead atoms. The SMILES string of the molecule is CCn1ncc(Br)c1C(N)c1cccc(N(C)C)c1. The first kappa shape index (κ1) is 14.1. The van der Waals surface area contributed by atoms with E-state index in [1.807, 2.05) is 24.8 Å². The second kappa shape index (κ2) is 5.75. The number of aromatic nitrogens is 2. The standard InChI is InChI=1S/C14H19BrN4/c1-4-19-14(12(15)9-17-19)13(16)10-6-5-7-11(8-10)18(2)3/h5-9,13H,4,16H2,1-3H3. The van der Waals surface area contributed by atoms with Crippen molar-refractivity contribution in [3.63, 3.8) is 0 Å². The van der Waals surface area contributed by atoms with Gasteiger partial charge in [0.1, 0.15) is 0 Å². The summed E-state index contributed by atoms with van der Waals surface area (Å²) in [4.78, 5) is 2.07. The number of anilines is 1. The summed E-state index contributed by atoms with van der Waals surface area (Å²) in [7, 11) is 4.05.